The zero-order chi connectivity index (χ0) is 11.6. The van der Waals surface area contributed by atoms with Crippen LogP contribution in [0.15, 0.2) is 6.07 Å². The first-order valence-corrected chi connectivity index (χ1v) is 4.56. The fourth-order valence-electron chi connectivity index (χ4n) is 1.50. The van der Waals surface area contributed by atoms with Crippen LogP contribution in [0, 0.1) is 17.0 Å². The molecule has 0 spiro atoms. The molecule has 0 atom stereocenters. The van der Waals surface area contributed by atoms with Gasteiger partial charge < -0.3 is 9.67 Å². The van der Waals surface area contributed by atoms with Gasteiger partial charge in [0.1, 0.15) is 5.69 Å². The predicted octanol–water partition coefficient (Wildman–Crippen LogP) is 1.81. The molecule has 1 N–H and O–H groups in total. The lowest BCUT2D eigenvalue weighted by Gasteiger charge is -2.05. The fraction of sp³-hybridized carbons (Fsp3) is 0.444. The van der Waals surface area contributed by atoms with E-state index in [1.807, 2.05) is 6.92 Å². The van der Waals surface area contributed by atoms with E-state index in [9.17, 15) is 14.9 Å². The lowest BCUT2D eigenvalue weighted by atomic mass is 10.4. The fourth-order valence-corrected chi connectivity index (χ4v) is 1.50. The van der Waals surface area contributed by atoms with Gasteiger partial charge in [-0.25, -0.2) is 4.79 Å². The summed E-state index contributed by atoms with van der Waals surface area (Å²) in [5.41, 5.74) is 0.223. The lowest BCUT2D eigenvalue weighted by Crippen LogP contribution is -2.09. The van der Waals surface area contributed by atoms with Crippen LogP contribution in [0.3, 0.4) is 0 Å². The third kappa shape index (κ3) is 1.98. The summed E-state index contributed by atoms with van der Waals surface area (Å²) in [7, 11) is 0. The third-order valence-corrected chi connectivity index (χ3v) is 2.20. The zero-order valence-electron chi connectivity index (χ0n) is 8.56. The quantitative estimate of drug-likeness (QED) is 0.609. The Labute approximate surface area is 86.3 Å². The van der Waals surface area contributed by atoms with Crippen LogP contribution in [0.4, 0.5) is 5.69 Å². The summed E-state index contributed by atoms with van der Waals surface area (Å²) in [6.07, 6.45) is 0.729. The Morgan fingerprint density at radius 3 is 2.67 bits per heavy atom. The first-order valence-electron chi connectivity index (χ1n) is 4.56. The summed E-state index contributed by atoms with van der Waals surface area (Å²) in [4.78, 5) is 20.9. The third-order valence-electron chi connectivity index (χ3n) is 2.20. The van der Waals surface area contributed by atoms with Gasteiger partial charge in [-0.1, -0.05) is 6.92 Å². The van der Waals surface area contributed by atoms with Crippen molar-refractivity contribution in [2.45, 2.75) is 26.8 Å². The van der Waals surface area contributed by atoms with E-state index < -0.39 is 10.9 Å². The molecule has 0 saturated carbocycles. The van der Waals surface area contributed by atoms with Crippen molar-refractivity contribution in [2.24, 2.45) is 0 Å². The predicted molar refractivity (Wildman–Crippen MR) is 53.1 cm³/mol. The van der Waals surface area contributed by atoms with Gasteiger partial charge in [-0.15, -0.1) is 0 Å². The molecule has 1 heterocycles. The van der Waals surface area contributed by atoms with Crippen LogP contribution >= 0.6 is 0 Å². The van der Waals surface area contributed by atoms with Gasteiger partial charge in [0.05, 0.1) is 10.6 Å². The average Bonchev–Trinajstić information content (AvgIpc) is 2.45. The second kappa shape index (κ2) is 4.12. The summed E-state index contributed by atoms with van der Waals surface area (Å²) in [6.45, 7) is 3.92. The molecule has 0 aliphatic heterocycles. The van der Waals surface area contributed by atoms with E-state index in [1.165, 1.54) is 4.57 Å². The smallest absolute Gasteiger partial charge is 0.352 e. The van der Waals surface area contributed by atoms with Crippen molar-refractivity contribution in [2.75, 3.05) is 0 Å². The summed E-state index contributed by atoms with van der Waals surface area (Å²) in [5, 5.41) is 19.5. The maximum absolute atomic E-state index is 10.8. The summed E-state index contributed by atoms with van der Waals surface area (Å²) in [5.74, 6) is -1.14. The molecule has 0 bridgehead atoms. The topological polar surface area (TPSA) is 85.4 Å². The van der Waals surface area contributed by atoms with E-state index in [-0.39, 0.29) is 11.4 Å². The normalized spacial score (nSPS) is 10.3. The molecule has 82 valence electrons. The van der Waals surface area contributed by atoms with Crippen LogP contribution in [0.2, 0.25) is 0 Å². The number of nitrogens with zero attached hydrogens (tertiary/aromatic N) is 2. The Hall–Kier alpha value is -1.85. The molecule has 0 aliphatic carbocycles. The molecule has 0 unspecified atom stereocenters. The molecule has 6 heteroatoms. The number of aromatic nitrogens is 1. The lowest BCUT2D eigenvalue weighted by molar-refractivity contribution is -0.385. The monoisotopic (exact) mass is 212 g/mol. The molecule has 1 rings (SSSR count). The van der Waals surface area contributed by atoms with Crippen molar-refractivity contribution in [3.8, 4) is 0 Å². The van der Waals surface area contributed by atoms with Gasteiger partial charge >= 0.3 is 5.97 Å². The molecule has 0 amide bonds. The van der Waals surface area contributed by atoms with Crippen molar-refractivity contribution in [3.63, 3.8) is 0 Å². The highest BCUT2D eigenvalue weighted by atomic mass is 16.6. The van der Waals surface area contributed by atoms with E-state index in [0.29, 0.717) is 12.2 Å². The largest absolute Gasteiger partial charge is 0.477 e. The molecule has 1 aromatic heterocycles. The van der Waals surface area contributed by atoms with Crippen molar-refractivity contribution in [1.82, 2.24) is 4.57 Å². The SMILES string of the molecule is CCCn1c(C(=O)O)cc([N+](=O)[O-])c1C. The van der Waals surface area contributed by atoms with Crippen molar-refractivity contribution in [3.05, 3.63) is 27.6 Å². The van der Waals surface area contributed by atoms with Gasteiger partial charge in [-0.05, 0) is 13.3 Å². The zero-order valence-corrected chi connectivity index (χ0v) is 8.56. The number of nitro groups is 1. The standard InChI is InChI=1S/C9H12N2O4/c1-3-4-10-6(2)7(11(14)15)5-8(10)9(12)13/h5H,3-4H2,1-2H3,(H,12,13). The minimum absolute atomic E-state index is 0.0268. The van der Waals surface area contributed by atoms with Gasteiger partial charge in [0.15, 0.2) is 0 Å². The van der Waals surface area contributed by atoms with E-state index in [1.54, 1.807) is 6.92 Å². The number of hydrogen-bond acceptors (Lipinski definition) is 3. The first-order chi connectivity index (χ1) is 6.99. The van der Waals surface area contributed by atoms with Crippen LogP contribution in [-0.2, 0) is 6.54 Å². The highest BCUT2D eigenvalue weighted by Crippen LogP contribution is 2.23. The van der Waals surface area contributed by atoms with Crippen molar-refractivity contribution >= 4 is 11.7 Å². The maximum atomic E-state index is 10.8. The Morgan fingerprint density at radius 2 is 2.27 bits per heavy atom. The molecule has 6 nitrogen and oxygen atoms in total. The minimum atomic E-state index is -1.14. The van der Waals surface area contributed by atoms with Gasteiger partial charge in [0.25, 0.3) is 5.69 Å². The van der Waals surface area contributed by atoms with E-state index in [4.69, 9.17) is 5.11 Å². The number of rotatable bonds is 4. The average molecular weight is 212 g/mol. The molecular formula is C9H12N2O4. The molecule has 1 aromatic rings. The Morgan fingerprint density at radius 1 is 1.67 bits per heavy atom. The van der Waals surface area contributed by atoms with Gasteiger partial charge in [-0.2, -0.15) is 0 Å². The molecule has 0 aromatic carbocycles. The summed E-state index contributed by atoms with van der Waals surface area (Å²) in [6, 6.07) is 1.10. The van der Waals surface area contributed by atoms with Crippen LogP contribution in [0.25, 0.3) is 0 Å². The van der Waals surface area contributed by atoms with Crippen molar-refractivity contribution in [1.29, 1.82) is 0 Å². The van der Waals surface area contributed by atoms with Crippen LogP contribution in [0.1, 0.15) is 29.5 Å². The summed E-state index contributed by atoms with van der Waals surface area (Å²) < 4.78 is 1.46. The number of hydrogen-bond donors (Lipinski definition) is 1. The number of carboxylic acids is 1. The molecule has 15 heavy (non-hydrogen) atoms. The van der Waals surface area contributed by atoms with Crippen LogP contribution in [0.5, 0.6) is 0 Å². The maximum Gasteiger partial charge on any atom is 0.352 e. The second-order valence-corrected chi connectivity index (χ2v) is 3.21. The van der Waals surface area contributed by atoms with E-state index in [0.717, 1.165) is 12.5 Å². The number of carboxylic acid groups (broad SMARTS) is 1. The number of carbonyl (C=O) groups is 1. The second-order valence-electron chi connectivity index (χ2n) is 3.21. The van der Waals surface area contributed by atoms with E-state index >= 15 is 0 Å². The molecule has 0 radical (unpaired) electrons. The minimum Gasteiger partial charge on any atom is -0.477 e. The molecule has 0 fully saturated rings. The van der Waals surface area contributed by atoms with E-state index in [2.05, 4.69) is 0 Å². The Kier molecular flexibility index (Phi) is 3.08. The first kappa shape index (κ1) is 11.2. The van der Waals surface area contributed by atoms with Gasteiger partial charge in [0, 0.05) is 12.6 Å². The Bertz CT molecular complexity index is 408. The van der Waals surface area contributed by atoms with Gasteiger partial charge in [-0.3, -0.25) is 10.1 Å². The van der Waals surface area contributed by atoms with Gasteiger partial charge in [0.2, 0.25) is 0 Å². The molecule has 0 aliphatic rings. The molecular weight excluding hydrogens is 200 g/mol. The Balaban J connectivity index is 3.32. The van der Waals surface area contributed by atoms with Crippen LogP contribution in [-0.4, -0.2) is 20.6 Å². The number of aromatic carboxylic acids is 1. The molecule has 0 saturated heterocycles. The van der Waals surface area contributed by atoms with Crippen LogP contribution < -0.4 is 0 Å². The summed E-state index contributed by atoms with van der Waals surface area (Å²) >= 11 is 0. The van der Waals surface area contributed by atoms with Crippen molar-refractivity contribution < 1.29 is 14.8 Å². The highest BCUT2D eigenvalue weighted by molar-refractivity contribution is 5.87. The highest BCUT2D eigenvalue weighted by Gasteiger charge is 2.22.